The summed E-state index contributed by atoms with van der Waals surface area (Å²) in [5.74, 6) is 0.506. The van der Waals surface area contributed by atoms with Gasteiger partial charge in [0, 0.05) is 18.7 Å². The minimum Gasteiger partial charge on any atom is -0.473 e. The zero-order valence-electron chi connectivity index (χ0n) is 17.2. The summed E-state index contributed by atoms with van der Waals surface area (Å²) < 4.78 is 5.88. The highest BCUT2D eigenvalue weighted by molar-refractivity contribution is 5.72. The van der Waals surface area contributed by atoms with Crippen molar-refractivity contribution in [2.24, 2.45) is 0 Å². The van der Waals surface area contributed by atoms with E-state index < -0.39 is 0 Å². The molecular formula is C25H26N2O3. The highest BCUT2D eigenvalue weighted by atomic mass is 16.7. The van der Waals surface area contributed by atoms with Gasteiger partial charge in [0.25, 0.3) is 0 Å². The molecule has 1 amide bonds. The summed E-state index contributed by atoms with van der Waals surface area (Å²) in [6.07, 6.45) is 2.68. The van der Waals surface area contributed by atoms with Crippen LogP contribution in [0.5, 0.6) is 5.88 Å². The molecule has 1 heterocycles. The van der Waals surface area contributed by atoms with Crippen molar-refractivity contribution in [1.29, 1.82) is 0 Å². The van der Waals surface area contributed by atoms with Gasteiger partial charge in [0.1, 0.15) is 13.2 Å². The molecule has 0 N–H and O–H groups in total. The van der Waals surface area contributed by atoms with E-state index in [0.717, 1.165) is 41.6 Å². The smallest absolute Gasteiger partial charge is 0.243 e. The summed E-state index contributed by atoms with van der Waals surface area (Å²) in [6.45, 7) is 2.39. The number of hydroxylamine groups is 2. The third kappa shape index (κ3) is 4.86. The molecule has 0 spiro atoms. The summed E-state index contributed by atoms with van der Waals surface area (Å²) in [5.41, 5.74) is 4.15. The van der Waals surface area contributed by atoms with E-state index in [0.29, 0.717) is 19.1 Å². The maximum absolute atomic E-state index is 12.4. The zero-order valence-corrected chi connectivity index (χ0v) is 17.2. The number of rotatable bonds is 7. The van der Waals surface area contributed by atoms with Gasteiger partial charge in [-0.1, -0.05) is 60.7 Å². The van der Waals surface area contributed by atoms with Gasteiger partial charge in [-0.05, 0) is 42.0 Å². The lowest BCUT2D eigenvalue weighted by Crippen LogP contribution is -2.35. The second-order valence-corrected chi connectivity index (χ2v) is 7.47. The molecule has 0 bridgehead atoms. The van der Waals surface area contributed by atoms with Crippen molar-refractivity contribution in [1.82, 2.24) is 10.0 Å². The van der Waals surface area contributed by atoms with Crippen LogP contribution < -0.4 is 4.74 Å². The van der Waals surface area contributed by atoms with Crippen molar-refractivity contribution in [3.63, 3.8) is 0 Å². The summed E-state index contributed by atoms with van der Waals surface area (Å²) in [4.78, 5) is 23.0. The molecule has 0 radical (unpaired) electrons. The molecule has 4 rings (SSSR count). The largest absolute Gasteiger partial charge is 0.473 e. The van der Waals surface area contributed by atoms with Crippen molar-refractivity contribution >= 4 is 5.91 Å². The number of fused-ring (bicyclic) bond motifs is 1. The number of aromatic nitrogens is 1. The molecule has 30 heavy (non-hydrogen) atoms. The summed E-state index contributed by atoms with van der Waals surface area (Å²) in [5, 5.41) is 1.51. The summed E-state index contributed by atoms with van der Waals surface area (Å²) in [6, 6.07) is 23.7. The monoisotopic (exact) mass is 402 g/mol. The molecule has 1 aliphatic rings. The number of pyridine rings is 1. The number of hydrogen-bond acceptors (Lipinski definition) is 4. The normalized spacial score (nSPS) is 15.3. The molecule has 1 aromatic heterocycles. The van der Waals surface area contributed by atoms with E-state index in [9.17, 15) is 4.79 Å². The SMILES string of the molecule is CC(=O)N(OCc1ccccc1)C1CCCc2nc(OCc3ccccc3)ccc21. The summed E-state index contributed by atoms with van der Waals surface area (Å²) in [7, 11) is 0. The predicted octanol–water partition coefficient (Wildman–Crippen LogP) is 5.02. The fourth-order valence-electron chi connectivity index (χ4n) is 3.79. The topological polar surface area (TPSA) is 51.7 Å². The molecule has 0 fully saturated rings. The minimum absolute atomic E-state index is 0.104. The Kier molecular flexibility index (Phi) is 6.40. The van der Waals surface area contributed by atoms with Gasteiger partial charge < -0.3 is 4.74 Å². The molecule has 154 valence electrons. The Hall–Kier alpha value is -3.18. The van der Waals surface area contributed by atoms with Crippen LogP contribution >= 0.6 is 0 Å². The molecule has 1 aliphatic carbocycles. The molecule has 0 aliphatic heterocycles. The fourth-order valence-corrected chi connectivity index (χ4v) is 3.79. The van der Waals surface area contributed by atoms with E-state index in [1.54, 1.807) is 6.92 Å². The number of amides is 1. The van der Waals surface area contributed by atoms with Gasteiger partial charge in [-0.3, -0.25) is 9.63 Å². The lowest BCUT2D eigenvalue weighted by molar-refractivity contribution is -0.207. The second-order valence-electron chi connectivity index (χ2n) is 7.47. The quantitative estimate of drug-likeness (QED) is 0.521. The fraction of sp³-hybridized carbons (Fsp3) is 0.280. The Balaban J connectivity index is 1.48. The predicted molar refractivity (Wildman–Crippen MR) is 114 cm³/mol. The molecule has 1 atom stereocenters. The van der Waals surface area contributed by atoms with Gasteiger partial charge in [-0.25, -0.2) is 10.0 Å². The molecule has 3 aromatic rings. The van der Waals surface area contributed by atoms with Crippen molar-refractivity contribution in [2.45, 2.75) is 45.4 Å². The van der Waals surface area contributed by atoms with Crippen LogP contribution in [0.2, 0.25) is 0 Å². The first-order valence-electron chi connectivity index (χ1n) is 10.3. The number of hydrogen-bond donors (Lipinski definition) is 0. The number of carbonyl (C=O) groups is 1. The van der Waals surface area contributed by atoms with Crippen LogP contribution in [-0.4, -0.2) is 16.0 Å². The van der Waals surface area contributed by atoms with Gasteiger partial charge in [0.2, 0.25) is 11.8 Å². The number of aryl methyl sites for hydroxylation is 1. The van der Waals surface area contributed by atoms with Crippen LogP contribution in [0.15, 0.2) is 72.8 Å². The first-order chi connectivity index (χ1) is 14.7. The zero-order chi connectivity index (χ0) is 20.8. The van der Waals surface area contributed by atoms with E-state index >= 15 is 0 Å². The van der Waals surface area contributed by atoms with E-state index in [-0.39, 0.29) is 11.9 Å². The lowest BCUT2D eigenvalue weighted by atomic mass is 9.91. The Morgan fingerprint density at radius 2 is 1.63 bits per heavy atom. The van der Waals surface area contributed by atoms with Crippen molar-refractivity contribution in [2.75, 3.05) is 0 Å². The van der Waals surface area contributed by atoms with Crippen LogP contribution in [0, 0.1) is 0 Å². The molecule has 2 aromatic carbocycles. The number of ether oxygens (including phenoxy) is 1. The average molecular weight is 402 g/mol. The minimum atomic E-state index is -0.134. The van der Waals surface area contributed by atoms with Crippen LogP contribution in [0.4, 0.5) is 0 Å². The van der Waals surface area contributed by atoms with Gasteiger partial charge in [-0.15, -0.1) is 0 Å². The Morgan fingerprint density at radius 1 is 0.967 bits per heavy atom. The Morgan fingerprint density at radius 3 is 2.30 bits per heavy atom. The van der Waals surface area contributed by atoms with E-state index in [1.807, 2.05) is 72.8 Å². The molecular weight excluding hydrogens is 376 g/mol. The lowest BCUT2D eigenvalue weighted by Gasteiger charge is -2.33. The second kappa shape index (κ2) is 9.55. The Bertz CT molecular complexity index is 976. The Labute approximate surface area is 177 Å². The van der Waals surface area contributed by atoms with E-state index in [2.05, 4.69) is 0 Å². The van der Waals surface area contributed by atoms with Crippen LogP contribution in [0.3, 0.4) is 0 Å². The number of carbonyl (C=O) groups excluding carboxylic acids is 1. The molecule has 5 heteroatoms. The van der Waals surface area contributed by atoms with Crippen molar-refractivity contribution < 1.29 is 14.4 Å². The van der Waals surface area contributed by atoms with Gasteiger partial charge in [0.15, 0.2) is 0 Å². The third-order valence-electron chi connectivity index (χ3n) is 5.27. The van der Waals surface area contributed by atoms with Crippen molar-refractivity contribution in [3.05, 3.63) is 95.2 Å². The van der Waals surface area contributed by atoms with E-state index in [4.69, 9.17) is 14.6 Å². The number of nitrogens with zero attached hydrogens (tertiary/aromatic N) is 2. The third-order valence-corrected chi connectivity index (χ3v) is 5.27. The average Bonchev–Trinajstić information content (AvgIpc) is 2.79. The van der Waals surface area contributed by atoms with Gasteiger partial charge in [0.05, 0.1) is 6.04 Å². The van der Waals surface area contributed by atoms with Crippen LogP contribution in [0.1, 0.15) is 48.2 Å². The maximum Gasteiger partial charge on any atom is 0.243 e. The van der Waals surface area contributed by atoms with Crippen LogP contribution in [-0.2, 0) is 29.3 Å². The van der Waals surface area contributed by atoms with Crippen LogP contribution in [0.25, 0.3) is 0 Å². The van der Waals surface area contributed by atoms with Crippen molar-refractivity contribution in [3.8, 4) is 5.88 Å². The standard InChI is InChI=1S/C25H26N2O3/c1-19(28)27(30-18-21-11-6-3-7-12-21)24-14-8-13-23-22(24)15-16-25(26-23)29-17-20-9-4-2-5-10-20/h2-7,9-12,15-16,24H,8,13-14,17-18H2,1H3. The first-order valence-corrected chi connectivity index (χ1v) is 10.3. The maximum atomic E-state index is 12.4. The van der Waals surface area contributed by atoms with E-state index in [1.165, 1.54) is 5.06 Å². The summed E-state index contributed by atoms with van der Waals surface area (Å²) >= 11 is 0. The molecule has 1 unspecified atom stereocenters. The van der Waals surface area contributed by atoms with Gasteiger partial charge in [-0.2, -0.15) is 0 Å². The van der Waals surface area contributed by atoms with Gasteiger partial charge >= 0.3 is 0 Å². The highest BCUT2D eigenvalue weighted by Gasteiger charge is 2.30. The molecule has 5 nitrogen and oxygen atoms in total. The molecule has 0 saturated heterocycles. The highest BCUT2D eigenvalue weighted by Crippen LogP contribution is 2.35. The number of benzene rings is 2. The molecule has 0 saturated carbocycles. The first kappa shape index (κ1) is 20.1.